The van der Waals surface area contributed by atoms with Gasteiger partial charge in [-0.15, -0.1) is 11.3 Å². The zero-order valence-electron chi connectivity index (χ0n) is 8.42. The second-order valence-electron chi connectivity index (χ2n) is 3.77. The van der Waals surface area contributed by atoms with Gasteiger partial charge in [0, 0.05) is 12.5 Å². The molecule has 0 amide bonds. The minimum atomic E-state index is 0.127. The lowest BCUT2D eigenvalue weighted by Gasteiger charge is -2.06. The van der Waals surface area contributed by atoms with Gasteiger partial charge in [-0.3, -0.25) is 0 Å². The van der Waals surface area contributed by atoms with Gasteiger partial charge in [-0.05, 0) is 26.3 Å². The van der Waals surface area contributed by atoms with E-state index < -0.39 is 0 Å². The van der Waals surface area contributed by atoms with Crippen LogP contribution < -0.4 is 5.32 Å². The number of hydrogen-bond donors (Lipinski definition) is 2. The van der Waals surface area contributed by atoms with E-state index in [9.17, 15) is 0 Å². The van der Waals surface area contributed by atoms with Crippen LogP contribution in [0.1, 0.15) is 28.4 Å². The lowest BCUT2D eigenvalue weighted by Crippen LogP contribution is -2.23. The highest BCUT2D eigenvalue weighted by Gasteiger charge is 2.17. The van der Waals surface area contributed by atoms with Gasteiger partial charge in [0.05, 0.1) is 22.2 Å². The fraction of sp³-hybridized carbons (Fsp3) is 0.700. The van der Waals surface area contributed by atoms with Gasteiger partial charge in [-0.25, -0.2) is 4.98 Å². The van der Waals surface area contributed by atoms with Gasteiger partial charge >= 0.3 is 0 Å². The molecule has 0 spiro atoms. The zero-order valence-corrected chi connectivity index (χ0v) is 9.23. The maximum Gasteiger partial charge on any atom is 0.0947 e. The van der Waals surface area contributed by atoms with Gasteiger partial charge in [0.2, 0.25) is 0 Å². The number of aryl methyl sites for hydroxylation is 1. The maximum absolute atomic E-state index is 9.05. The third-order valence-corrected chi connectivity index (χ3v) is 3.83. The van der Waals surface area contributed by atoms with Crippen LogP contribution in [0.3, 0.4) is 0 Å². The molecule has 1 atom stereocenters. The molecule has 0 aromatic carbocycles. The summed E-state index contributed by atoms with van der Waals surface area (Å²) in [5.74, 6) is 0. The average Bonchev–Trinajstić information content (AvgIpc) is 2.76. The van der Waals surface area contributed by atoms with E-state index in [1.54, 1.807) is 11.3 Å². The van der Waals surface area contributed by atoms with Crippen LogP contribution in [-0.4, -0.2) is 22.7 Å². The van der Waals surface area contributed by atoms with Crippen LogP contribution in [-0.2, 0) is 13.0 Å². The van der Waals surface area contributed by atoms with Crippen molar-refractivity contribution in [1.29, 1.82) is 0 Å². The molecule has 2 rings (SSSR count). The van der Waals surface area contributed by atoms with Crippen molar-refractivity contribution in [3.05, 3.63) is 15.6 Å². The SMILES string of the molecule is Cc1nc(CC2CCCN2)sc1CO. The van der Waals surface area contributed by atoms with E-state index in [2.05, 4.69) is 10.3 Å². The van der Waals surface area contributed by atoms with E-state index in [4.69, 9.17) is 5.11 Å². The Labute approximate surface area is 88.2 Å². The highest BCUT2D eigenvalue weighted by Crippen LogP contribution is 2.21. The van der Waals surface area contributed by atoms with Crippen LogP contribution in [0.25, 0.3) is 0 Å². The van der Waals surface area contributed by atoms with E-state index >= 15 is 0 Å². The van der Waals surface area contributed by atoms with Crippen molar-refractivity contribution in [3.8, 4) is 0 Å². The monoisotopic (exact) mass is 212 g/mol. The average molecular weight is 212 g/mol. The highest BCUT2D eigenvalue weighted by molar-refractivity contribution is 7.11. The minimum Gasteiger partial charge on any atom is -0.391 e. The molecular weight excluding hydrogens is 196 g/mol. The summed E-state index contributed by atoms with van der Waals surface area (Å²) in [7, 11) is 0. The number of hydrogen-bond acceptors (Lipinski definition) is 4. The fourth-order valence-electron chi connectivity index (χ4n) is 1.86. The summed E-state index contributed by atoms with van der Waals surface area (Å²) in [4.78, 5) is 5.48. The standard InChI is InChI=1S/C10H16N2OS/c1-7-9(6-13)14-10(12-7)5-8-3-2-4-11-8/h8,11,13H,2-6H2,1H3. The lowest BCUT2D eigenvalue weighted by molar-refractivity contribution is 0.284. The van der Waals surface area contributed by atoms with Gasteiger partial charge in [0.25, 0.3) is 0 Å². The Morgan fingerprint density at radius 3 is 3.07 bits per heavy atom. The smallest absolute Gasteiger partial charge is 0.0947 e. The van der Waals surface area contributed by atoms with Gasteiger partial charge in [0.15, 0.2) is 0 Å². The van der Waals surface area contributed by atoms with E-state index in [1.165, 1.54) is 12.8 Å². The number of rotatable bonds is 3. The molecule has 3 nitrogen and oxygen atoms in total. The molecule has 4 heteroatoms. The van der Waals surface area contributed by atoms with Crippen molar-refractivity contribution >= 4 is 11.3 Å². The fourth-order valence-corrected chi connectivity index (χ4v) is 2.87. The Bertz CT molecular complexity index is 305. The van der Waals surface area contributed by atoms with E-state index in [0.717, 1.165) is 28.5 Å². The predicted octanol–water partition coefficient (Wildman–Crippen LogP) is 1.24. The summed E-state index contributed by atoms with van der Waals surface area (Å²) in [5, 5.41) is 13.7. The van der Waals surface area contributed by atoms with E-state index in [1.807, 2.05) is 6.92 Å². The quantitative estimate of drug-likeness (QED) is 0.792. The summed E-state index contributed by atoms with van der Waals surface area (Å²) < 4.78 is 0. The maximum atomic E-state index is 9.05. The summed E-state index contributed by atoms with van der Waals surface area (Å²) in [5.41, 5.74) is 0.991. The molecule has 1 unspecified atom stereocenters. The van der Waals surface area contributed by atoms with Crippen LogP contribution >= 0.6 is 11.3 Å². The van der Waals surface area contributed by atoms with Crippen LogP contribution in [0.15, 0.2) is 0 Å². The van der Waals surface area contributed by atoms with Gasteiger partial charge in [-0.2, -0.15) is 0 Å². The number of aliphatic hydroxyl groups is 1. The molecule has 2 N–H and O–H groups in total. The van der Waals surface area contributed by atoms with Crippen LogP contribution in [0.4, 0.5) is 0 Å². The number of thiazole rings is 1. The van der Waals surface area contributed by atoms with Crippen LogP contribution in [0.2, 0.25) is 0 Å². The van der Waals surface area contributed by atoms with Crippen LogP contribution in [0.5, 0.6) is 0 Å². The second-order valence-corrected chi connectivity index (χ2v) is 4.94. The zero-order chi connectivity index (χ0) is 9.97. The molecule has 0 radical (unpaired) electrons. The van der Waals surface area contributed by atoms with E-state index in [-0.39, 0.29) is 6.61 Å². The second kappa shape index (κ2) is 4.38. The van der Waals surface area contributed by atoms with E-state index in [0.29, 0.717) is 6.04 Å². The summed E-state index contributed by atoms with van der Waals surface area (Å²) in [6, 6.07) is 0.604. The van der Waals surface area contributed by atoms with Gasteiger partial charge < -0.3 is 10.4 Å². The number of aromatic nitrogens is 1. The first-order chi connectivity index (χ1) is 6.79. The number of nitrogens with zero attached hydrogens (tertiary/aromatic N) is 1. The molecule has 78 valence electrons. The first-order valence-corrected chi connectivity index (χ1v) is 5.90. The molecule has 1 aliphatic rings. The summed E-state index contributed by atoms with van der Waals surface area (Å²) in [6.07, 6.45) is 3.56. The molecule has 0 saturated carbocycles. The Balaban J connectivity index is 2.01. The Morgan fingerprint density at radius 1 is 1.64 bits per heavy atom. The van der Waals surface area contributed by atoms with Crippen molar-refractivity contribution in [3.63, 3.8) is 0 Å². The van der Waals surface area contributed by atoms with Crippen molar-refractivity contribution in [1.82, 2.24) is 10.3 Å². The molecule has 0 aliphatic carbocycles. The molecule has 1 fully saturated rings. The third kappa shape index (κ3) is 2.13. The Morgan fingerprint density at radius 2 is 2.50 bits per heavy atom. The predicted molar refractivity (Wildman–Crippen MR) is 57.5 cm³/mol. The highest BCUT2D eigenvalue weighted by atomic mass is 32.1. The molecular formula is C10H16N2OS. The van der Waals surface area contributed by atoms with Crippen molar-refractivity contribution < 1.29 is 5.11 Å². The molecule has 1 aromatic rings. The first-order valence-electron chi connectivity index (χ1n) is 5.09. The molecule has 2 heterocycles. The third-order valence-electron chi connectivity index (χ3n) is 2.66. The number of nitrogens with one attached hydrogen (secondary N) is 1. The minimum absolute atomic E-state index is 0.127. The van der Waals surface area contributed by atoms with Gasteiger partial charge in [-0.1, -0.05) is 0 Å². The molecule has 1 aliphatic heterocycles. The van der Waals surface area contributed by atoms with Crippen molar-refractivity contribution in [2.75, 3.05) is 6.54 Å². The van der Waals surface area contributed by atoms with Gasteiger partial charge in [0.1, 0.15) is 0 Å². The molecule has 14 heavy (non-hydrogen) atoms. The van der Waals surface area contributed by atoms with Crippen LogP contribution in [0, 0.1) is 6.92 Å². The first kappa shape index (κ1) is 10.1. The molecule has 1 saturated heterocycles. The largest absolute Gasteiger partial charge is 0.391 e. The van der Waals surface area contributed by atoms with Crippen molar-refractivity contribution in [2.45, 2.75) is 38.8 Å². The lowest BCUT2D eigenvalue weighted by atomic mass is 10.2. The summed E-state index contributed by atoms with van der Waals surface area (Å²) in [6.45, 7) is 3.23. The Hall–Kier alpha value is -0.450. The molecule has 1 aromatic heterocycles. The molecule has 0 bridgehead atoms. The number of aliphatic hydroxyl groups excluding tert-OH is 1. The summed E-state index contributed by atoms with van der Waals surface area (Å²) >= 11 is 1.65. The normalized spacial score (nSPS) is 21.7. The topological polar surface area (TPSA) is 45.2 Å². The Kier molecular flexibility index (Phi) is 3.15. The van der Waals surface area contributed by atoms with Crippen molar-refractivity contribution in [2.24, 2.45) is 0 Å².